The second-order valence-electron chi connectivity index (χ2n) is 7.22. The van der Waals surface area contributed by atoms with Crippen LogP contribution in [0.15, 0.2) is 29.3 Å². The molecule has 0 spiro atoms. The lowest BCUT2D eigenvalue weighted by atomic mass is 10.1. The zero-order chi connectivity index (χ0) is 22.4. The summed E-state index contributed by atoms with van der Waals surface area (Å²) in [4.78, 5) is 4.31. The minimum Gasteiger partial charge on any atom is -0.496 e. The predicted molar refractivity (Wildman–Crippen MR) is 135 cm³/mol. The number of fused-ring (bicyclic) bond motifs is 1. The molecule has 2 aromatic carbocycles. The van der Waals surface area contributed by atoms with Crippen molar-refractivity contribution in [1.29, 1.82) is 0 Å². The van der Waals surface area contributed by atoms with Crippen molar-refractivity contribution in [2.24, 2.45) is 4.99 Å². The first kappa shape index (κ1) is 25.7. The second-order valence-corrected chi connectivity index (χ2v) is 7.22. The summed E-state index contributed by atoms with van der Waals surface area (Å²) >= 11 is 0. The lowest BCUT2D eigenvalue weighted by Gasteiger charge is -2.17. The molecule has 0 amide bonds. The predicted octanol–water partition coefficient (Wildman–Crippen LogP) is 3.53. The van der Waals surface area contributed by atoms with Gasteiger partial charge in [-0.2, -0.15) is 0 Å². The molecule has 0 aromatic heterocycles. The molecule has 0 saturated heterocycles. The lowest BCUT2D eigenvalue weighted by molar-refractivity contribution is 0.254. The van der Waals surface area contributed by atoms with Crippen LogP contribution in [0.4, 0.5) is 0 Å². The van der Waals surface area contributed by atoms with Crippen molar-refractivity contribution in [2.45, 2.75) is 32.5 Å². The van der Waals surface area contributed by atoms with Gasteiger partial charge in [0.05, 0.1) is 28.4 Å². The summed E-state index contributed by atoms with van der Waals surface area (Å²) in [6.07, 6.45) is 1.09. The highest BCUT2D eigenvalue weighted by Crippen LogP contribution is 2.38. The Balaban J connectivity index is 0.00000363. The Bertz CT molecular complexity index is 926. The van der Waals surface area contributed by atoms with Crippen LogP contribution in [0.5, 0.6) is 28.7 Å². The number of benzene rings is 2. The Morgan fingerprint density at radius 2 is 1.56 bits per heavy atom. The van der Waals surface area contributed by atoms with Crippen molar-refractivity contribution in [3.63, 3.8) is 0 Å². The minimum absolute atomic E-state index is 0. The smallest absolute Gasteiger partial charge is 0.203 e. The van der Waals surface area contributed by atoms with E-state index in [0.717, 1.165) is 29.0 Å². The number of aliphatic imine (C=N–C) groups is 1. The Kier molecular flexibility index (Phi) is 9.55. The van der Waals surface area contributed by atoms with Crippen molar-refractivity contribution in [1.82, 2.24) is 10.6 Å². The van der Waals surface area contributed by atoms with Crippen LogP contribution < -0.4 is 34.3 Å². The van der Waals surface area contributed by atoms with E-state index in [9.17, 15) is 0 Å². The third-order valence-corrected chi connectivity index (χ3v) is 5.15. The fraction of sp³-hybridized carbons (Fsp3) is 0.435. The molecule has 3 rings (SSSR count). The number of rotatable bonds is 8. The number of nitrogens with one attached hydrogen (secondary N) is 2. The number of nitrogens with zero attached hydrogens (tertiary/aromatic N) is 1. The molecule has 1 atom stereocenters. The van der Waals surface area contributed by atoms with Gasteiger partial charge in [0.15, 0.2) is 17.5 Å². The first-order valence-electron chi connectivity index (χ1n) is 10.1. The number of hydrogen-bond acceptors (Lipinski definition) is 6. The molecule has 9 heteroatoms. The van der Waals surface area contributed by atoms with E-state index in [2.05, 4.69) is 28.6 Å². The van der Waals surface area contributed by atoms with Gasteiger partial charge in [0.1, 0.15) is 17.6 Å². The summed E-state index contributed by atoms with van der Waals surface area (Å²) in [6, 6.07) is 7.91. The molecule has 2 aromatic rings. The quantitative estimate of drug-likeness (QED) is 0.292. The molecule has 0 aliphatic carbocycles. The lowest BCUT2D eigenvalue weighted by Crippen LogP contribution is -2.36. The van der Waals surface area contributed by atoms with Crippen molar-refractivity contribution in [3.05, 3.63) is 41.0 Å². The molecule has 0 bridgehead atoms. The van der Waals surface area contributed by atoms with E-state index in [4.69, 9.17) is 23.7 Å². The van der Waals surface area contributed by atoms with E-state index in [1.165, 1.54) is 5.56 Å². The van der Waals surface area contributed by atoms with Crippen molar-refractivity contribution in [2.75, 3.05) is 35.5 Å². The van der Waals surface area contributed by atoms with Gasteiger partial charge in [-0.1, -0.05) is 0 Å². The molecule has 0 fully saturated rings. The number of guanidine groups is 1. The highest BCUT2D eigenvalue weighted by Gasteiger charge is 2.21. The average molecular weight is 557 g/mol. The summed E-state index contributed by atoms with van der Waals surface area (Å²) < 4.78 is 27.7. The molecular weight excluding hydrogens is 525 g/mol. The maximum atomic E-state index is 5.88. The topological polar surface area (TPSA) is 82.6 Å². The Labute approximate surface area is 206 Å². The van der Waals surface area contributed by atoms with Crippen LogP contribution in [0.3, 0.4) is 0 Å². The monoisotopic (exact) mass is 557 g/mol. The molecule has 0 radical (unpaired) electrons. The summed E-state index contributed by atoms with van der Waals surface area (Å²) in [5.74, 6) is 4.20. The number of ether oxygens (including phenoxy) is 5. The number of halogens is 1. The third-order valence-electron chi connectivity index (χ3n) is 5.15. The SMILES string of the molecule is CN=C(NCc1cc(OC)c(OC)c(OC)c1)NCc1cc2c(cc1OC)CC(C)O2.I. The second kappa shape index (κ2) is 11.9. The zero-order valence-corrected chi connectivity index (χ0v) is 21.7. The van der Waals surface area contributed by atoms with Crippen LogP contribution in [-0.4, -0.2) is 47.6 Å². The molecule has 2 N–H and O–H groups in total. The van der Waals surface area contributed by atoms with Crippen LogP contribution in [0.25, 0.3) is 0 Å². The van der Waals surface area contributed by atoms with Gasteiger partial charge >= 0.3 is 0 Å². The van der Waals surface area contributed by atoms with Gasteiger partial charge in [-0.15, -0.1) is 24.0 Å². The summed E-state index contributed by atoms with van der Waals surface area (Å²) in [5.41, 5.74) is 3.15. The molecule has 8 nitrogen and oxygen atoms in total. The highest BCUT2D eigenvalue weighted by molar-refractivity contribution is 14.0. The molecule has 1 aliphatic heterocycles. The van der Waals surface area contributed by atoms with E-state index in [-0.39, 0.29) is 30.1 Å². The maximum Gasteiger partial charge on any atom is 0.203 e. The van der Waals surface area contributed by atoms with Crippen molar-refractivity contribution in [3.8, 4) is 28.7 Å². The molecule has 32 heavy (non-hydrogen) atoms. The maximum absolute atomic E-state index is 5.88. The van der Waals surface area contributed by atoms with Gasteiger partial charge < -0.3 is 34.3 Å². The summed E-state index contributed by atoms with van der Waals surface area (Å²) in [6.45, 7) is 3.14. The summed E-state index contributed by atoms with van der Waals surface area (Å²) in [5, 5.41) is 6.64. The average Bonchev–Trinajstić information content (AvgIpc) is 3.16. The Morgan fingerprint density at radius 1 is 0.938 bits per heavy atom. The van der Waals surface area contributed by atoms with Crippen LogP contribution in [0.2, 0.25) is 0 Å². The molecular formula is C23H32IN3O5. The molecule has 1 aliphatic rings. The van der Waals surface area contributed by atoms with Crippen LogP contribution in [0, 0.1) is 0 Å². The number of hydrogen-bond donors (Lipinski definition) is 2. The minimum atomic E-state index is 0. The first-order chi connectivity index (χ1) is 15.0. The zero-order valence-electron chi connectivity index (χ0n) is 19.4. The van der Waals surface area contributed by atoms with Gasteiger partial charge in [-0.05, 0) is 36.8 Å². The van der Waals surface area contributed by atoms with Crippen molar-refractivity contribution >= 4 is 29.9 Å². The first-order valence-corrected chi connectivity index (χ1v) is 10.1. The van der Waals surface area contributed by atoms with E-state index in [0.29, 0.717) is 36.3 Å². The van der Waals surface area contributed by atoms with Crippen LogP contribution in [0.1, 0.15) is 23.6 Å². The normalized spacial score (nSPS) is 14.6. The van der Waals surface area contributed by atoms with E-state index in [1.807, 2.05) is 18.2 Å². The van der Waals surface area contributed by atoms with Crippen LogP contribution >= 0.6 is 24.0 Å². The fourth-order valence-electron chi connectivity index (χ4n) is 3.63. The summed E-state index contributed by atoms with van der Waals surface area (Å²) in [7, 11) is 8.20. The van der Waals surface area contributed by atoms with Gasteiger partial charge in [0, 0.05) is 37.7 Å². The highest BCUT2D eigenvalue weighted by atomic mass is 127. The third kappa shape index (κ3) is 5.81. The van der Waals surface area contributed by atoms with E-state index < -0.39 is 0 Å². The van der Waals surface area contributed by atoms with Crippen molar-refractivity contribution < 1.29 is 23.7 Å². The molecule has 1 unspecified atom stereocenters. The molecule has 0 saturated carbocycles. The molecule has 176 valence electrons. The van der Waals surface area contributed by atoms with Crippen LogP contribution in [-0.2, 0) is 19.5 Å². The Morgan fingerprint density at radius 3 is 2.12 bits per heavy atom. The Hall–Kier alpha value is -2.56. The van der Waals surface area contributed by atoms with Gasteiger partial charge in [-0.3, -0.25) is 4.99 Å². The fourth-order valence-corrected chi connectivity index (χ4v) is 3.63. The van der Waals surface area contributed by atoms with Gasteiger partial charge in [0.2, 0.25) is 5.75 Å². The van der Waals surface area contributed by atoms with Gasteiger partial charge in [0.25, 0.3) is 0 Å². The molecule has 1 heterocycles. The van der Waals surface area contributed by atoms with E-state index >= 15 is 0 Å². The standard InChI is InChI=1S/C23H31N3O5.HI/c1-14-7-16-10-18(27-3)17(11-19(16)31-14)13-26-23(24-2)25-12-15-8-20(28-4)22(30-6)21(9-15)29-5;/h8-11,14H,7,12-13H2,1-6H3,(H2,24,25,26);1H. The largest absolute Gasteiger partial charge is 0.496 e. The number of methoxy groups -OCH3 is 4. The van der Waals surface area contributed by atoms with E-state index in [1.54, 1.807) is 35.5 Å². The van der Waals surface area contributed by atoms with Gasteiger partial charge in [-0.25, -0.2) is 0 Å².